The molecule has 2 fully saturated rings. The third-order valence-electron chi connectivity index (χ3n) is 8.71. The summed E-state index contributed by atoms with van der Waals surface area (Å²) in [6.45, 7) is 3.99. The van der Waals surface area contributed by atoms with E-state index in [9.17, 15) is 39.0 Å². The van der Waals surface area contributed by atoms with Gasteiger partial charge in [-0.2, -0.15) is 0 Å². The molecule has 0 aliphatic heterocycles. The number of fused-ring (bicyclic) bond motifs is 3. The van der Waals surface area contributed by atoms with Gasteiger partial charge in [0.1, 0.15) is 5.75 Å². The average molecular weight is 562 g/mol. The standard InChI is InChI=1S/C30H31N3O8/c1-13(2)17-11-19(33-7-5-20(34)14-4-3-6-32-12-14)25(36)23-18(17)9-15-8-16-10-21(35)24(29(31)40)28(39)30(16,41)27(38)22(15)26(23)37/h3-4,6,11-13,15-16,22,24,33,36,41H,5,7-10H2,1-2H3,(H2,31,40)/t15-,16+,22?,24?,30+/m1/s1. The van der Waals surface area contributed by atoms with Crippen molar-refractivity contribution in [3.8, 4) is 5.75 Å². The summed E-state index contributed by atoms with van der Waals surface area (Å²) < 4.78 is 0. The van der Waals surface area contributed by atoms with E-state index in [4.69, 9.17) is 5.73 Å². The Balaban J connectivity index is 1.48. The Bertz CT molecular complexity index is 1500. The highest BCUT2D eigenvalue weighted by molar-refractivity contribution is 6.31. The maximum absolute atomic E-state index is 13.9. The van der Waals surface area contributed by atoms with Crippen LogP contribution in [0, 0.1) is 23.7 Å². The van der Waals surface area contributed by atoms with E-state index in [-0.39, 0.29) is 60.9 Å². The van der Waals surface area contributed by atoms with Gasteiger partial charge in [-0.1, -0.05) is 13.8 Å². The molecule has 0 radical (unpaired) electrons. The van der Waals surface area contributed by atoms with Crippen LogP contribution in [0.4, 0.5) is 5.69 Å². The van der Waals surface area contributed by atoms with Crippen molar-refractivity contribution in [1.29, 1.82) is 0 Å². The van der Waals surface area contributed by atoms with E-state index in [0.717, 1.165) is 5.56 Å². The summed E-state index contributed by atoms with van der Waals surface area (Å²) in [4.78, 5) is 81.6. The lowest BCUT2D eigenvalue weighted by Crippen LogP contribution is -2.68. The maximum atomic E-state index is 13.9. The van der Waals surface area contributed by atoms with E-state index in [1.165, 1.54) is 6.20 Å². The van der Waals surface area contributed by atoms with Gasteiger partial charge >= 0.3 is 0 Å². The van der Waals surface area contributed by atoms with Gasteiger partial charge in [0.05, 0.1) is 17.2 Å². The lowest BCUT2D eigenvalue weighted by molar-refractivity contribution is -0.175. The van der Waals surface area contributed by atoms with Gasteiger partial charge in [-0.05, 0) is 54.0 Å². The molecule has 2 saturated carbocycles. The van der Waals surface area contributed by atoms with Crippen LogP contribution in [-0.2, 0) is 25.6 Å². The van der Waals surface area contributed by atoms with Crippen LogP contribution in [0.5, 0.6) is 5.75 Å². The first kappa shape index (κ1) is 28.3. The van der Waals surface area contributed by atoms with Crippen LogP contribution in [0.1, 0.15) is 70.9 Å². The first-order valence-electron chi connectivity index (χ1n) is 13.6. The molecule has 1 heterocycles. The molecular formula is C30H31N3O8. The minimum Gasteiger partial charge on any atom is -0.505 e. The van der Waals surface area contributed by atoms with E-state index >= 15 is 0 Å². The third kappa shape index (κ3) is 4.44. The van der Waals surface area contributed by atoms with Crippen molar-refractivity contribution in [2.75, 3.05) is 11.9 Å². The lowest BCUT2D eigenvalue weighted by atomic mass is 9.53. The number of carbonyl (C=O) groups is 6. The Morgan fingerprint density at radius 3 is 2.54 bits per heavy atom. The van der Waals surface area contributed by atoms with Crippen molar-refractivity contribution in [3.63, 3.8) is 0 Å². The molecule has 5 N–H and O–H groups in total. The molecule has 3 aliphatic carbocycles. The highest BCUT2D eigenvalue weighted by Crippen LogP contribution is 2.51. The number of pyridine rings is 1. The Morgan fingerprint density at radius 2 is 1.90 bits per heavy atom. The van der Waals surface area contributed by atoms with Crippen LogP contribution in [0.2, 0.25) is 0 Å². The quantitative estimate of drug-likeness (QED) is 0.219. The Hall–Kier alpha value is -4.25. The first-order chi connectivity index (χ1) is 19.4. The SMILES string of the molecule is CC(C)c1cc(NCCC(=O)c2cccnc2)c(O)c2c1C[C@H]1C[C@H]3CC(=O)C(C(N)=O)C(=O)[C@@]3(O)C(=O)C1C2=O. The number of aromatic nitrogens is 1. The van der Waals surface area contributed by atoms with E-state index in [1.54, 1.807) is 24.4 Å². The minimum absolute atomic E-state index is 0.0375. The number of nitrogens with zero attached hydrogens (tertiary/aromatic N) is 1. The normalized spacial score (nSPS) is 27.2. The molecule has 2 aromatic rings. The van der Waals surface area contributed by atoms with Gasteiger partial charge in [0, 0.05) is 43.3 Å². The number of anilines is 1. The highest BCUT2D eigenvalue weighted by atomic mass is 16.3. The first-order valence-corrected chi connectivity index (χ1v) is 13.6. The summed E-state index contributed by atoms with van der Waals surface area (Å²) in [6, 6.07) is 5.03. The summed E-state index contributed by atoms with van der Waals surface area (Å²) in [5.41, 5.74) is 4.47. The Labute approximate surface area is 235 Å². The van der Waals surface area contributed by atoms with E-state index in [2.05, 4.69) is 10.3 Å². The number of primary amides is 1. The van der Waals surface area contributed by atoms with Crippen LogP contribution in [0.25, 0.3) is 0 Å². The number of aliphatic hydroxyl groups is 1. The van der Waals surface area contributed by atoms with Crippen molar-refractivity contribution >= 4 is 40.5 Å². The van der Waals surface area contributed by atoms with Crippen molar-refractivity contribution in [2.45, 2.75) is 51.0 Å². The minimum atomic E-state index is -2.69. The Morgan fingerprint density at radius 1 is 1.17 bits per heavy atom. The number of phenolic OH excluding ortho intramolecular Hbond substituents is 1. The van der Waals surface area contributed by atoms with Gasteiger partial charge in [0.25, 0.3) is 0 Å². The summed E-state index contributed by atoms with van der Waals surface area (Å²) in [5.74, 6) is -10.8. The van der Waals surface area contributed by atoms with Gasteiger partial charge in [-0.25, -0.2) is 0 Å². The number of Topliss-reactive ketones (excluding diaryl/α,β-unsaturated/α-hetero) is 5. The molecule has 0 saturated heterocycles. The molecule has 1 aromatic heterocycles. The maximum Gasteiger partial charge on any atom is 0.235 e. The number of carbonyl (C=O) groups excluding carboxylic acids is 6. The summed E-state index contributed by atoms with van der Waals surface area (Å²) in [5, 5.41) is 25.6. The van der Waals surface area contributed by atoms with Crippen LogP contribution in [0.3, 0.4) is 0 Å². The summed E-state index contributed by atoms with van der Waals surface area (Å²) >= 11 is 0. The number of rotatable bonds is 7. The number of benzene rings is 1. The van der Waals surface area contributed by atoms with Crippen LogP contribution >= 0.6 is 0 Å². The summed E-state index contributed by atoms with van der Waals surface area (Å²) in [7, 11) is 0. The van der Waals surface area contributed by atoms with Crippen molar-refractivity contribution < 1.29 is 39.0 Å². The highest BCUT2D eigenvalue weighted by Gasteiger charge is 2.66. The molecule has 214 valence electrons. The molecule has 41 heavy (non-hydrogen) atoms. The van der Waals surface area contributed by atoms with Crippen LogP contribution in [0.15, 0.2) is 30.6 Å². The fourth-order valence-corrected chi connectivity index (χ4v) is 6.70. The number of nitrogens with two attached hydrogens (primary N) is 1. The molecular weight excluding hydrogens is 530 g/mol. The summed E-state index contributed by atoms with van der Waals surface area (Å²) in [6.07, 6.45) is 2.98. The molecule has 1 amide bonds. The molecule has 0 spiro atoms. The van der Waals surface area contributed by atoms with E-state index < -0.39 is 58.3 Å². The number of amides is 1. The van der Waals surface area contributed by atoms with Gasteiger partial charge < -0.3 is 21.3 Å². The van der Waals surface area contributed by atoms with Gasteiger partial charge in [-0.3, -0.25) is 33.8 Å². The number of nitrogens with one attached hydrogen (secondary N) is 1. The zero-order valence-corrected chi connectivity index (χ0v) is 22.7. The lowest BCUT2D eigenvalue weighted by Gasteiger charge is -2.48. The second-order valence-electron chi connectivity index (χ2n) is 11.5. The van der Waals surface area contributed by atoms with E-state index in [0.29, 0.717) is 11.1 Å². The van der Waals surface area contributed by atoms with E-state index in [1.807, 2.05) is 13.8 Å². The van der Waals surface area contributed by atoms with Gasteiger partial charge in [0.2, 0.25) is 5.91 Å². The Kier molecular flexibility index (Phi) is 7.10. The number of phenols is 1. The molecule has 5 rings (SSSR count). The number of hydrogen-bond donors (Lipinski definition) is 4. The molecule has 2 unspecified atom stereocenters. The van der Waals surface area contributed by atoms with Gasteiger partial charge in [-0.15, -0.1) is 0 Å². The third-order valence-corrected chi connectivity index (χ3v) is 8.71. The zero-order chi connectivity index (χ0) is 29.8. The average Bonchev–Trinajstić information content (AvgIpc) is 2.91. The monoisotopic (exact) mass is 561 g/mol. The molecule has 11 heteroatoms. The predicted molar refractivity (Wildman–Crippen MR) is 144 cm³/mol. The van der Waals surface area contributed by atoms with Crippen LogP contribution in [-0.4, -0.2) is 62.2 Å². The molecule has 5 atom stereocenters. The fourth-order valence-electron chi connectivity index (χ4n) is 6.70. The fraction of sp³-hybridized carbons (Fsp3) is 0.433. The predicted octanol–water partition coefficient (Wildman–Crippen LogP) is 1.53. The topological polar surface area (TPSA) is 194 Å². The molecule has 3 aliphatic rings. The van der Waals surface area contributed by atoms with Gasteiger partial charge in [0.15, 0.2) is 40.4 Å². The number of hydrogen-bond acceptors (Lipinski definition) is 10. The van der Waals surface area contributed by atoms with Crippen LogP contribution < -0.4 is 11.1 Å². The second kappa shape index (κ2) is 10.3. The molecule has 1 aromatic carbocycles. The number of ketones is 5. The number of aromatic hydroxyl groups is 1. The van der Waals surface area contributed by atoms with Crippen molar-refractivity contribution in [2.24, 2.45) is 29.4 Å². The van der Waals surface area contributed by atoms with Crippen molar-refractivity contribution in [3.05, 3.63) is 52.8 Å². The molecule has 11 nitrogen and oxygen atoms in total. The largest absolute Gasteiger partial charge is 0.505 e. The zero-order valence-electron chi connectivity index (χ0n) is 22.7. The van der Waals surface area contributed by atoms with Crippen molar-refractivity contribution in [1.82, 2.24) is 4.98 Å². The second-order valence-corrected chi connectivity index (χ2v) is 11.5. The smallest absolute Gasteiger partial charge is 0.235 e. The molecule has 0 bridgehead atoms.